The molecule has 1 rings (SSSR count). The highest BCUT2D eigenvalue weighted by Crippen LogP contribution is 2.19. The number of anilines is 2. The molecule has 0 saturated heterocycles. The van der Waals surface area contributed by atoms with Crippen LogP contribution in [0.2, 0.25) is 0 Å². The standard InChI is InChI=1S/C8H14N4O4S/c1-5(8(13)16-3)17(14,15)11-7-6(9)4-10-12(7)2/h4-5,11H,9H2,1-3H3. The molecule has 1 atom stereocenters. The number of aromatic nitrogens is 2. The molecule has 17 heavy (non-hydrogen) atoms. The fourth-order valence-electron chi connectivity index (χ4n) is 1.10. The number of carbonyl (C=O) groups is 1. The number of nitrogens with zero attached hydrogens (tertiary/aromatic N) is 2. The third-order valence-electron chi connectivity index (χ3n) is 2.20. The Morgan fingerprint density at radius 1 is 1.65 bits per heavy atom. The van der Waals surface area contributed by atoms with E-state index in [2.05, 4.69) is 14.6 Å². The van der Waals surface area contributed by atoms with Crippen molar-refractivity contribution in [1.29, 1.82) is 0 Å². The fraction of sp³-hybridized carbons (Fsp3) is 0.500. The predicted octanol–water partition coefficient (Wildman–Crippen LogP) is -0.694. The molecule has 0 bridgehead atoms. The van der Waals surface area contributed by atoms with Crippen molar-refractivity contribution in [2.24, 2.45) is 7.05 Å². The summed E-state index contributed by atoms with van der Waals surface area (Å²) in [7, 11) is -1.26. The summed E-state index contributed by atoms with van der Waals surface area (Å²) in [5, 5.41) is 2.44. The van der Waals surface area contributed by atoms with Crippen LogP contribution in [0.5, 0.6) is 0 Å². The van der Waals surface area contributed by atoms with Crippen molar-refractivity contribution in [2.75, 3.05) is 17.6 Å². The van der Waals surface area contributed by atoms with Gasteiger partial charge in [-0.3, -0.25) is 14.2 Å². The van der Waals surface area contributed by atoms with Crippen LogP contribution in [-0.4, -0.2) is 36.5 Å². The monoisotopic (exact) mass is 262 g/mol. The van der Waals surface area contributed by atoms with E-state index < -0.39 is 21.2 Å². The lowest BCUT2D eigenvalue weighted by atomic mass is 10.5. The minimum absolute atomic E-state index is 0.112. The van der Waals surface area contributed by atoms with Gasteiger partial charge in [0.25, 0.3) is 0 Å². The molecule has 0 saturated carbocycles. The molecule has 0 aliphatic rings. The summed E-state index contributed by atoms with van der Waals surface area (Å²) >= 11 is 0. The highest BCUT2D eigenvalue weighted by molar-refractivity contribution is 7.94. The molecule has 0 aromatic carbocycles. The van der Waals surface area contributed by atoms with Gasteiger partial charge in [-0.2, -0.15) is 5.10 Å². The molecule has 0 fully saturated rings. The van der Waals surface area contributed by atoms with Crippen LogP contribution in [0.4, 0.5) is 11.5 Å². The number of nitrogens with two attached hydrogens (primary N) is 1. The number of hydrogen-bond donors (Lipinski definition) is 2. The van der Waals surface area contributed by atoms with Gasteiger partial charge < -0.3 is 10.5 Å². The number of esters is 1. The van der Waals surface area contributed by atoms with Crippen molar-refractivity contribution in [3.8, 4) is 0 Å². The Labute approximate surface area is 98.8 Å². The molecule has 0 aliphatic heterocycles. The maximum atomic E-state index is 11.8. The van der Waals surface area contributed by atoms with Crippen molar-refractivity contribution in [1.82, 2.24) is 9.78 Å². The summed E-state index contributed by atoms with van der Waals surface area (Å²) < 4.78 is 31.4. The Bertz CT molecular complexity index is 502. The van der Waals surface area contributed by atoms with E-state index in [1.165, 1.54) is 24.9 Å². The van der Waals surface area contributed by atoms with E-state index in [1.54, 1.807) is 0 Å². The average molecular weight is 262 g/mol. The zero-order valence-corrected chi connectivity index (χ0v) is 10.5. The molecule has 0 aliphatic carbocycles. The van der Waals surface area contributed by atoms with E-state index in [0.717, 1.165) is 7.11 Å². The second kappa shape index (κ2) is 4.62. The number of sulfonamides is 1. The number of nitrogens with one attached hydrogen (secondary N) is 1. The lowest BCUT2D eigenvalue weighted by molar-refractivity contribution is -0.139. The summed E-state index contributed by atoms with van der Waals surface area (Å²) in [5.74, 6) is -0.737. The van der Waals surface area contributed by atoms with Gasteiger partial charge in [0.2, 0.25) is 10.0 Å². The Kier molecular flexibility index (Phi) is 3.61. The molecule has 1 unspecified atom stereocenters. The number of ether oxygens (including phenoxy) is 1. The number of hydrogen-bond acceptors (Lipinski definition) is 6. The van der Waals surface area contributed by atoms with Crippen LogP contribution in [0.25, 0.3) is 0 Å². The van der Waals surface area contributed by atoms with Crippen LogP contribution in [0.1, 0.15) is 6.92 Å². The topological polar surface area (TPSA) is 116 Å². The lowest BCUT2D eigenvalue weighted by Gasteiger charge is -2.13. The van der Waals surface area contributed by atoms with E-state index >= 15 is 0 Å². The molecule has 1 aromatic rings. The number of nitrogen functional groups attached to an aromatic ring is 1. The number of aryl methyl sites for hydroxylation is 1. The lowest BCUT2D eigenvalue weighted by Crippen LogP contribution is -2.33. The molecule has 96 valence electrons. The SMILES string of the molecule is COC(=O)C(C)S(=O)(=O)Nc1c(N)cnn1C. The van der Waals surface area contributed by atoms with Gasteiger partial charge in [-0.15, -0.1) is 0 Å². The number of carbonyl (C=O) groups excluding carboxylic acids is 1. The third-order valence-corrected chi connectivity index (χ3v) is 3.81. The van der Waals surface area contributed by atoms with Gasteiger partial charge in [-0.25, -0.2) is 8.42 Å². The van der Waals surface area contributed by atoms with Gasteiger partial charge in [0.05, 0.1) is 19.0 Å². The van der Waals surface area contributed by atoms with Crippen LogP contribution in [0, 0.1) is 0 Å². The fourth-order valence-corrected chi connectivity index (χ4v) is 2.14. The second-order valence-electron chi connectivity index (χ2n) is 3.38. The van der Waals surface area contributed by atoms with Crippen LogP contribution in [-0.2, 0) is 26.6 Å². The maximum Gasteiger partial charge on any atom is 0.325 e. The van der Waals surface area contributed by atoms with Crippen LogP contribution in [0.3, 0.4) is 0 Å². The normalized spacial score (nSPS) is 13.1. The Balaban J connectivity index is 2.99. The summed E-state index contributed by atoms with van der Waals surface area (Å²) in [4.78, 5) is 11.2. The van der Waals surface area contributed by atoms with Crippen LogP contribution < -0.4 is 10.5 Å². The second-order valence-corrected chi connectivity index (χ2v) is 5.39. The van der Waals surface area contributed by atoms with Crippen molar-refractivity contribution in [2.45, 2.75) is 12.2 Å². The van der Waals surface area contributed by atoms with Crippen molar-refractivity contribution >= 4 is 27.5 Å². The molecule has 0 radical (unpaired) electrons. The highest BCUT2D eigenvalue weighted by atomic mass is 32.2. The van der Waals surface area contributed by atoms with Crippen LogP contribution >= 0.6 is 0 Å². The molecule has 1 heterocycles. The molecule has 9 heteroatoms. The largest absolute Gasteiger partial charge is 0.468 e. The first kappa shape index (κ1) is 13.3. The maximum absolute atomic E-state index is 11.8. The molecule has 0 amide bonds. The number of rotatable bonds is 4. The smallest absolute Gasteiger partial charge is 0.325 e. The van der Waals surface area contributed by atoms with E-state index in [-0.39, 0.29) is 11.5 Å². The number of methoxy groups -OCH3 is 1. The molecular formula is C8H14N4O4S. The van der Waals surface area contributed by atoms with E-state index in [4.69, 9.17) is 5.73 Å². The quantitative estimate of drug-likeness (QED) is 0.693. The summed E-state index contributed by atoms with van der Waals surface area (Å²) in [6.07, 6.45) is 1.31. The highest BCUT2D eigenvalue weighted by Gasteiger charge is 2.30. The first-order valence-electron chi connectivity index (χ1n) is 4.66. The Hall–Kier alpha value is -1.77. The van der Waals surface area contributed by atoms with Gasteiger partial charge in [0, 0.05) is 7.05 Å². The third kappa shape index (κ3) is 2.67. The minimum atomic E-state index is -3.90. The molecule has 0 spiro atoms. The zero-order chi connectivity index (χ0) is 13.2. The van der Waals surface area contributed by atoms with Gasteiger partial charge in [0.15, 0.2) is 11.1 Å². The van der Waals surface area contributed by atoms with Crippen molar-refractivity contribution in [3.05, 3.63) is 6.20 Å². The molecule has 3 N–H and O–H groups in total. The minimum Gasteiger partial charge on any atom is -0.468 e. The molecular weight excluding hydrogens is 248 g/mol. The van der Waals surface area contributed by atoms with Crippen molar-refractivity contribution < 1.29 is 17.9 Å². The van der Waals surface area contributed by atoms with Crippen molar-refractivity contribution in [3.63, 3.8) is 0 Å². The Morgan fingerprint density at radius 2 is 2.24 bits per heavy atom. The summed E-state index contributed by atoms with van der Waals surface area (Å²) in [6.45, 7) is 1.22. The van der Waals surface area contributed by atoms with E-state index in [9.17, 15) is 13.2 Å². The van der Waals surface area contributed by atoms with E-state index in [1.807, 2.05) is 0 Å². The van der Waals surface area contributed by atoms with Gasteiger partial charge in [-0.05, 0) is 6.92 Å². The first-order chi connectivity index (χ1) is 7.79. The predicted molar refractivity (Wildman–Crippen MR) is 61.6 cm³/mol. The zero-order valence-electron chi connectivity index (χ0n) is 9.67. The Morgan fingerprint density at radius 3 is 2.65 bits per heavy atom. The van der Waals surface area contributed by atoms with E-state index in [0.29, 0.717) is 0 Å². The molecule has 1 aromatic heterocycles. The first-order valence-corrected chi connectivity index (χ1v) is 6.21. The summed E-state index contributed by atoms with van der Waals surface area (Å²) in [6, 6.07) is 0. The van der Waals surface area contributed by atoms with Gasteiger partial charge in [0.1, 0.15) is 0 Å². The van der Waals surface area contributed by atoms with Crippen LogP contribution in [0.15, 0.2) is 6.20 Å². The average Bonchev–Trinajstić information content (AvgIpc) is 2.58. The van der Waals surface area contributed by atoms with Gasteiger partial charge in [-0.1, -0.05) is 0 Å². The summed E-state index contributed by atoms with van der Waals surface area (Å²) in [5.41, 5.74) is 5.71. The molecule has 8 nitrogen and oxygen atoms in total. The van der Waals surface area contributed by atoms with Gasteiger partial charge >= 0.3 is 5.97 Å².